The van der Waals surface area contributed by atoms with Gasteiger partial charge in [-0.05, 0) is 125 Å². The van der Waals surface area contributed by atoms with Crippen LogP contribution >= 0.6 is 0 Å². The van der Waals surface area contributed by atoms with Gasteiger partial charge in [0.1, 0.15) is 0 Å². The van der Waals surface area contributed by atoms with E-state index in [2.05, 4.69) is 266 Å². The third-order valence-corrected chi connectivity index (χ3v) is 17.5. The van der Waals surface area contributed by atoms with Crippen LogP contribution in [-0.4, -0.2) is 8.07 Å². The lowest BCUT2D eigenvalue weighted by molar-refractivity contribution is 1.28. The average Bonchev–Trinajstić information content (AvgIpc) is 3.66. The zero-order chi connectivity index (χ0) is 41.3. The van der Waals surface area contributed by atoms with Gasteiger partial charge in [-0.25, -0.2) is 0 Å². The van der Waals surface area contributed by atoms with E-state index in [1.807, 2.05) is 0 Å². The smallest absolute Gasteiger partial charge is 0.180 e. The lowest BCUT2D eigenvalue weighted by atomic mass is 9.96. The van der Waals surface area contributed by atoms with E-state index in [0.29, 0.717) is 0 Å². The van der Waals surface area contributed by atoms with Gasteiger partial charge in [-0.2, -0.15) is 0 Å². The van der Waals surface area contributed by atoms with Gasteiger partial charge in [-0.15, -0.1) is 0 Å². The number of rotatable bonds is 9. The van der Waals surface area contributed by atoms with Gasteiger partial charge in [0.2, 0.25) is 0 Å². The Morgan fingerprint density at radius 2 is 0.565 bits per heavy atom. The Kier molecular flexibility index (Phi) is 9.61. The monoisotopic (exact) mass is 805 g/mol. The Labute approximate surface area is 365 Å². The summed E-state index contributed by atoms with van der Waals surface area (Å²) in [5.74, 6) is 0. The van der Waals surface area contributed by atoms with Gasteiger partial charge in [-0.3, -0.25) is 0 Å². The Morgan fingerprint density at radius 3 is 1.06 bits per heavy atom. The van der Waals surface area contributed by atoms with E-state index in [1.54, 1.807) is 0 Å². The van der Waals surface area contributed by atoms with Crippen molar-refractivity contribution in [2.75, 3.05) is 4.90 Å². The summed E-state index contributed by atoms with van der Waals surface area (Å²) in [6, 6.07) is 95.8. The van der Waals surface area contributed by atoms with Crippen molar-refractivity contribution in [2.24, 2.45) is 0 Å². The molecule has 0 aliphatic carbocycles. The van der Waals surface area contributed by atoms with Crippen LogP contribution < -0.4 is 25.6 Å². The van der Waals surface area contributed by atoms with E-state index >= 15 is 0 Å². The molecule has 11 rings (SSSR count). The molecule has 0 radical (unpaired) electrons. The highest BCUT2D eigenvalue weighted by Gasteiger charge is 2.48. The van der Waals surface area contributed by atoms with Crippen LogP contribution in [0.25, 0.3) is 55.6 Å². The highest BCUT2D eigenvalue weighted by Crippen LogP contribution is 2.39. The van der Waals surface area contributed by atoms with Gasteiger partial charge >= 0.3 is 0 Å². The number of benzene rings is 10. The molecule has 0 saturated carbocycles. The fraction of sp³-hybridized carbons (Fsp3) is 0. The van der Waals surface area contributed by atoms with Crippen molar-refractivity contribution in [3.8, 4) is 55.6 Å². The summed E-state index contributed by atoms with van der Waals surface area (Å²) in [5, 5.41) is 5.76. The lowest BCUT2D eigenvalue weighted by Gasteiger charge is -2.31. The van der Waals surface area contributed by atoms with Crippen LogP contribution in [0.3, 0.4) is 0 Å². The molecule has 1 nitrogen and oxygen atoms in total. The van der Waals surface area contributed by atoms with Crippen molar-refractivity contribution in [3.63, 3.8) is 0 Å². The molecule has 62 heavy (non-hydrogen) atoms. The second-order valence-corrected chi connectivity index (χ2v) is 19.8. The molecule has 0 N–H and O–H groups in total. The largest absolute Gasteiger partial charge is 0.311 e. The maximum absolute atomic E-state index is 2.52. The molecular weight excluding hydrogens is 763 g/mol. The maximum Gasteiger partial charge on any atom is 0.180 e. The average molecular weight is 806 g/mol. The molecule has 0 saturated heterocycles. The summed E-state index contributed by atoms with van der Waals surface area (Å²) in [6.07, 6.45) is 0. The van der Waals surface area contributed by atoms with Gasteiger partial charge in [-0.1, -0.05) is 212 Å². The minimum atomic E-state index is -2.52. The standard InChI is InChI=1S/C60H43NSi/c1-5-16-44(17-6-1)46-28-35-52(36-29-46)61(53-37-30-47(31-38-53)45-18-7-2-8-19-45)54-39-32-48(33-40-54)49-20-15-21-50(42-49)51-34-41-60-58(43-51)57-26-13-14-27-59(57)62(60,55-22-9-3-10-23-55)56-24-11-4-12-25-56/h1-43H. The molecule has 0 bridgehead atoms. The first-order valence-corrected chi connectivity index (χ1v) is 23.4. The summed E-state index contributed by atoms with van der Waals surface area (Å²) in [5.41, 5.74) is 15.7. The van der Waals surface area contributed by atoms with Crippen LogP contribution in [0, 0.1) is 0 Å². The molecule has 0 fully saturated rings. The Bertz CT molecular complexity index is 3000. The number of nitrogens with zero attached hydrogens (tertiary/aromatic N) is 1. The van der Waals surface area contributed by atoms with E-state index in [1.165, 1.54) is 76.4 Å². The van der Waals surface area contributed by atoms with E-state index in [0.717, 1.165) is 17.1 Å². The number of hydrogen-bond acceptors (Lipinski definition) is 1. The highest BCUT2D eigenvalue weighted by molar-refractivity contribution is 7.22. The molecule has 1 heterocycles. The Morgan fingerprint density at radius 1 is 0.226 bits per heavy atom. The van der Waals surface area contributed by atoms with E-state index in [9.17, 15) is 0 Å². The molecule has 10 aromatic carbocycles. The molecule has 0 atom stereocenters. The van der Waals surface area contributed by atoms with E-state index in [4.69, 9.17) is 0 Å². The van der Waals surface area contributed by atoms with Crippen molar-refractivity contribution in [3.05, 3.63) is 261 Å². The summed E-state index contributed by atoms with van der Waals surface area (Å²) in [7, 11) is -2.52. The summed E-state index contributed by atoms with van der Waals surface area (Å²) < 4.78 is 0. The highest BCUT2D eigenvalue weighted by atomic mass is 28.3. The van der Waals surface area contributed by atoms with Gasteiger partial charge in [0.15, 0.2) is 8.07 Å². The number of anilines is 3. The lowest BCUT2D eigenvalue weighted by Crippen LogP contribution is -2.72. The molecule has 292 valence electrons. The fourth-order valence-electron chi connectivity index (χ4n) is 9.62. The summed E-state index contributed by atoms with van der Waals surface area (Å²) >= 11 is 0. The molecule has 0 spiro atoms. The first-order valence-electron chi connectivity index (χ1n) is 21.4. The molecular formula is C60H43NSi. The van der Waals surface area contributed by atoms with Crippen LogP contribution in [-0.2, 0) is 0 Å². The molecule has 0 unspecified atom stereocenters. The van der Waals surface area contributed by atoms with Gasteiger partial charge in [0, 0.05) is 17.1 Å². The van der Waals surface area contributed by atoms with Crippen molar-refractivity contribution < 1.29 is 0 Å². The Balaban J connectivity index is 0.948. The first kappa shape index (κ1) is 37.2. The SMILES string of the molecule is c1ccc(-c2ccc(N(c3ccc(-c4ccccc4)cc3)c3ccc(-c4cccc(-c5ccc6c(c5)-c5ccccc5[Si]6(c5ccccc5)c5ccccc5)c4)cc3)cc2)cc1. The first-order chi connectivity index (χ1) is 30.7. The number of hydrogen-bond donors (Lipinski definition) is 0. The predicted molar refractivity (Wildman–Crippen MR) is 265 cm³/mol. The van der Waals surface area contributed by atoms with Crippen LogP contribution in [0.1, 0.15) is 0 Å². The molecule has 0 aromatic heterocycles. The van der Waals surface area contributed by atoms with Gasteiger partial charge in [0.25, 0.3) is 0 Å². The van der Waals surface area contributed by atoms with Crippen LogP contribution in [0.5, 0.6) is 0 Å². The second-order valence-electron chi connectivity index (χ2n) is 16.1. The van der Waals surface area contributed by atoms with E-state index < -0.39 is 8.07 Å². The quantitative estimate of drug-likeness (QED) is 0.131. The van der Waals surface area contributed by atoms with Crippen molar-refractivity contribution in [2.45, 2.75) is 0 Å². The summed E-state index contributed by atoms with van der Waals surface area (Å²) in [6.45, 7) is 0. The molecule has 10 aromatic rings. The van der Waals surface area contributed by atoms with Gasteiger partial charge < -0.3 is 4.90 Å². The van der Waals surface area contributed by atoms with Crippen LogP contribution in [0.15, 0.2) is 261 Å². The summed E-state index contributed by atoms with van der Waals surface area (Å²) in [4.78, 5) is 2.35. The van der Waals surface area contributed by atoms with Crippen molar-refractivity contribution in [1.29, 1.82) is 0 Å². The minimum absolute atomic E-state index is 1.10. The third kappa shape index (κ3) is 6.59. The molecule has 1 aliphatic rings. The zero-order valence-corrected chi connectivity index (χ0v) is 35.3. The minimum Gasteiger partial charge on any atom is -0.311 e. The zero-order valence-electron chi connectivity index (χ0n) is 34.3. The molecule has 0 amide bonds. The fourth-order valence-corrected chi connectivity index (χ4v) is 14.8. The van der Waals surface area contributed by atoms with Crippen molar-refractivity contribution >= 4 is 45.9 Å². The van der Waals surface area contributed by atoms with Crippen LogP contribution in [0.4, 0.5) is 17.1 Å². The van der Waals surface area contributed by atoms with Gasteiger partial charge in [0.05, 0.1) is 0 Å². The third-order valence-electron chi connectivity index (χ3n) is 12.6. The molecule has 2 heteroatoms. The second kappa shape index (κ2) is 16.0. The van der Waals surface area contributed by atoms with Crippen molar-refractivity contribution in [1.82, 2.24) is 0 Å². The van der Waals surface area contributed by atoms with Crippen LogP contribution in [0.2, 0.25) is 0 Å². The predicted octanol–water partition coefficient (Wildman–Crippen LogP) is 13.2. The topological polar surface area (TPSA) is 3.24 Å². The molecule has 1 aliphatic heterocycles. The maximum atomic E-state index is 2.45. The van der Waals surface area contributed by atoms with E-state index in [-0.39, 0.29) is 0 Å². The Hall–Kier alpha value is -7.78. The normalized spacial score (nSPS) is 12.3. The number of fused-ring (bicyclic) bond motifs is 3.